The van der Waals surface area contributed by atoms with E-state index in [0.29, 0.717) is 35.9 Å². The minimum atomic E-state index is -3.87. The molecule has 1 fully saturated rings. The van der Waals surface area contributed by atoms with Crippen LogP contribution in [-0.4, -0.2) is 64.1 Å². The number of carbonyl (C=O) groups excluding carboxylic acids is 2. The maximum atomic E-state index is 13.5. The maximum Gasteiger partial charge on any atom is 0.348 e. The van der Waals surface area contributed by atoms with Crippen molar-refractivity contribution in [3.05, 3.63) is 47.5 Å². The third-order valence-electron chi connectivity index (χ3n) is 6.13. The van der Waals surface area contributed by atoms with Crippen molar-refractivity contribution in [2.24, 2.45) is 5.92 Å². The van der Waals surface area contributed by atoms with Gasteiger partial charge in [-0.05, 0) is 50.1 Å². The van der Waals surface area contributed by atoms with Crippen LogP contribution in [-0.2, 0) is 24.3 Å². The summed E-state index contributed by atoms with van der Waals surface area (Å²) in [5.74, 6) is -0.480. The Morgan fingerprint density at radius 3 is 2.54 bits per heavy atom. The lowest BCUT2D eigenvalue weighted by molar-refractivity contribution is -0.148. The largest absolute Gasteiger partial charge is 0.492 e. The van der Waals surface area contributed by atoms with Crippen LogP contribution in [0.3, 0.4) is 0 Å². The fraction of sp³-hybridized carbons (Fsp3) is 0.417. The molecule has 11 heteroatoms. The van der Waals surface area contributed by atoms with Crippen LogP contribution in [0, 0.1) is 5.92 Å². The summed E-state index contributed by atoms with van der Waals surface area (Å²) in [6, 6.07) is 11.5. The number of fused-ring (bicyclic) bond motifs is 1. The number of amides is 1. The van der Waals surface area contributed by atoms with Crippen LogP contribution in [0.1, 0.15) is 19.8 Å². The van der Waals surface area contributed by atoms with Gasteiger partial charge in [0.1, 0.15) is 16.4 Å². The molecule has 4 rings (SSSR count). The topological polar surface area (TPSA) is 102 Å². The number of nitrogens with zero attached hydrogens (tertiary/aromatic N) is 2. The normalized spacial score (nSPS) is 18.9. The Hall–Kier alpha value is -2.82. The smallest absolute Gasteiger partial charge is 0.348 e. The van der Waals surface area contributed by atoms with Crippen molar-refractivity contribution in [1.82, 2.24) is 4.31 Å². The van der Waals surface area contributed by atoms with Gasteiger partial charge in [0, 0.05) is 24.0 Å². The van der Waals surface area contributed by atoms with E-state index in [9.17, 15) is 18.0 Å². The van der Waals surface area contributed by atoms with Gasteiger partial charge in [0.2, 0.25) is 22.0 Å². The second kappa shape index (κ2) is 10.4. The van der Waals surface area contributed by atoms with Gasteiger partial charge in [-0.2, -0.15) is 4.31 Å². The molecular formula is C24H27ClN2O7S. The minimum Gasteiger partial charge on any atom is -0.492 e. The number of piperidine rings is 1. The number of halogens is 1. The molecule has 35 heavy (non-hydrogen) atoms. The molecule has 9 nitrogen and oxygen atoms in total. The molecule has 2 aliphatic heterocycles. The van der Waals surface area contributed by atoms with E-state index in [1.165, 1.54) is 17.5 Å². The standard InChI is InChI=1S/C24H27ClN2O7S/c1-3-33-20-9-8-17(25)14-22(20)35(30,31)26-12-10-16(11-13-26)23(28)27-15-21(24(29)32-2)34-19-7-5-4-6-18(19)27/h4-9,14,16,21H,3,10-13,15H2,1-2H3/t21-/m1/s1. The third-order valence-corrected chi connectivity index (χ3v) is 8.29. The van der Waals surface area contributed by atoms with E-state index < -0.39 is 28.0 Å². The highest BCUT2D eigenvalue weighted by Gasteiger charge is 2.39. The first kappa shape index (κ1) is 25.3. The summed E-state index contributed by atoms with van der Waals surface area (Å²) in [7, 11) is -2.60. The molecular weight excluding hydrogens is 496 g/mol. The predicted molar refractivity (Wildman–Crippen MR) is 129 cm³/mol. The van der Waals surface area contributed by atoms with Gasteiger partial charge in [-0.15, -0.1) is 0 Å². The SMILES string of the molecule is CCOc1ccc(Cl)cc1S(=O)(=O)N1CCC(C(=O)N2C[C@H](C(=O)OC)Oc3ccccc32)CC1. The maximum absolute atomic E-state index is 13.5. The number of rotatable bonds is 6. The van der Waals surface area contributed by atoms with Crippen molar-refractivity contribution in [2.75, 3.05) is 38.3 Å². The van der Waals surface area contributed by atoms with E-state index >= 15 is 0 Å². The summed E-state index contributed by atoms with van der Waals surface area (Å²) in [6.45, 7) is 2.46. The molecule has 0 unspecified atom stereocenters. The van der Waals surface area contributed by atoms with Crippen molar-refractivity contribution < 1.29 is 32.2 Å². The highest BCUT2D eigenvalue weighted by molar-refractivity contribution is 7.89. The van der Waals surface area contributed by atoms with E-state index in [2.05, 4.69) is 0 Å². The van der Waals surface area contributed by atoms with Gasteiger partial charge in [-0.3, -0.25) is 4.79 Å². The summed E-state index contributed by atoms with van der Waals surface area (Å²) in [5, 5.41) is 0.295. The minimum absolute atomic E-state index is 0.0136. The first-order valence-corrected chi connectivity index (χ1v) is 13.2. The number of methoxy groups -OCH3 is 1. The Labute approximate surface area is 209 Å². The Kier molecular flexibility index (Phi) is 7.53. The molecule has 2 aromatic rings. The Bertz CT molecular complexity index is 1210. The number of carbonyl (C=O) groups is 2. The lowest BCUT2D eigenvalue weighted by Gasteiger charge is -2.37. The lowest BCUT2D eigenvalue weighted by atomic mass is 9.95. The summed E-state index contributed by atoms with van der Waals surface area (Å²) < 4.78 is 44.1. The van der Waals surface area contributed by atoms with Gasteiger partial charge in [0.25, 0.3) is 0 Å². The number of benzene rings is 2. The average molecular weight is 523 g/mol. The van der Waals surface area contributed by atoms with Gasteiger partial charge in [-0.1, -0.05) is 23.7 Å². The first-order chi connectivity index (χ1) is 16.8. The molecule has 2 aliphatic rings. The van der Waals surface area contributed by atoms with Crippen LogP contribution in [0.2, 0.25) is 5.02 Å². The van der Waals surface area contributed by atoms with Gasteiger partial charge < -0.3 is 19.1 Å². The summed E-state index contributed by atoms with van der Waals surface area (Å²) in [4.78, 5) is 27.2. The highest BCUT2D eigenvalue weighted by atomic mass is 35.5. The van der Waals surface area contributed by atoms with E-state index in [1.807, 2.05) is 0 Å². The van der Waals surface area contributed by atoms with Crippen molar-refractivity contribution >= 4 is 39.2 Å². The van der Waals surface area contributed by atoms with Crippen molar-refractivity contribution in [2.45, 2.75) is 30.8 Å². The second-order valence-electron chi connectivity index (χ2n) is 8.25. The van der Waals surface area contributed by atoms with E-state index in [1.54, 1.807) is 48.2 Å². The predicted octanol–water partition coefficient (Wildman–Crippen LogP) is 3.11. The molecule has 2 heterocycles. The molecule has 2 aromatic carbocycles. The van der Waals surface area contributed by atoms with Crippen LogP contribution < -0.4 is 14.4 Å². The Morgan fingerprint density at radius 1 is 1.14 bits per heavy atom. The zero-order valence-corrected chi connectivity index (χ0v) is 21.0. The summed E-state index contributed by atoms with van der Waals surface area (Å²) >= 11 is 6.07. The molecule has 0 N–H and O–H groups in total. The van der Waals surface area contributed by atoms with Crippen molar-refractivity contribution in [3.63, 3.8) is 0 Å². The van der Waals surface area contributed by atoms with Gasteiger partial charge in [0.05, 0.1) is 25.9 Å². The lowest BCUT2D eigenvalue weighted by Crippen LogP contribution is -2.51. The van der Waals surface area contributed by atoms with Gasteiger partial charge >= 0.3 is 5.97 Å². The van der Waals surface area contributed by atoms with Crippen LogP contribution in [0.25, 0.3) is 0 Å². The van der Waals surface area contributed by atoms with Gasteiger partial charge in [0.15, 0.2) is 0 Å². The molecule has 0 aromatic heterocycles. The first-order valence-electron chi connectivity index (χ1n) is 11.3. The second-order valence-corrected chi connectivity index (χ2v) is 10.6. The molecule has 1 atom stereocenters. The molecule has 188 valence electrons. The Balaban J connectivity index is 1.50. The number of para-hydroxylation sites is 2. The van der Waals surface area contributed by atoms with Crippen LogP contribution >= 0.6 is 11.6 Å². The van der Waals surface area contributed by atoms with Crippen LogP contribution in [0.4, 0.5) is 5.69 Å². The number of anilines is 1. The molecule has 1 saturated heterocycles. The van der Waals surface area contributed by atoms with Crippen molar-refractivity contribution in [3.8, 4) is 11.5 Å². The van der Waals surface area contributed by atoms with Crippen LogP contribution in [0.15, 0.2) is 47.4 Å². The molecule has 0 radical (unpaired) electrons. The van der Waals surface area contributed by atoms with Crippen LogP contribution in [0.5, 0.6) is 11.5 Å². The fourth-order valence-corrected chi connectivity index (χ4v) is 6.22. The monoisotopic (exact) mass is 522 g/mol. The highest BCUT2D eigenvalue weighted by Crippen LogP contribution is 2.37. The molecule has 0 bridgehead atoms. The van der Waals surface area contributed by atoms with E-state index in [4.69, 9.17) is 25.8 Å². The number of hydrogen-bond acceptors (Lipinski definition) is 7. The molecule has 0 spiro atoms. The van der Waals surface area contributed by atoms with E-state index in [0.717, 1.165) is 0 Å². The molecule has 1 amide bonds. The zero-order chi connectivity index (χ0) is 25.2. The van der Waals surface area contributed by atoms with E-state index in [-0.39, 0.29) is 36.2 Å². The van der Waals surface area contributed by atoms with Gasteiger partial charge in [-0.25, -0.2) is 13.2 Å². The summed E-state index contributed by atoms with van der Waals surface area (Å²) in [6.07, 6.45) is -0.255. The number of ether oxygens (including phenoxy) is 3. The Morgan fingerprint density at radius 2 is 1.86 bits per heavy atom. The quantitative estimate of drug-likeness (QED) is 0.537. The average Bonchev–Trinajstić information content (AvgIpc) is 2.88. The zero-order valence-electron chi connectivity index (χ0n) is 19.5. The molecule has 0 saturated carbocycles. The van der Waals surface area contributed by atoms with Crippen molar-refractivity contribution in [1.29, 1.82) is 0 Å². The number of hydrogen-bond donors (Lipinski definition) is 0. The molecule has 0 aliphatic carbocycles. The fourth-order valence-electron chi connectivity index (χ4n) is 4.36. The number of sulfonamides is 1. The third kappa shape index (κ3) is 5.10. The number of esters is 1. The summed E-state index contributed by atoms with van der Waals surface area (Å²) in [5.41, 5.74) is 0.577.